The third-order valence-electron chi connectivity index (χ3n) is 1.27. The van der Waals surface area contributed by atoms with Gasteiger partial charge in [0.25, 0.3) is 10.1 Å². The molecule has 1 aliphatic rings. The first-order chi connectivity index (χ1) is 6.73. The number of thioether (sulfide) groups is 2. The Labute approximate surface area is 92.3 Å². The van der Waals surface area contributed by atoms with E-state index in [1.807, 2.05) is 0 Å². The predicted octanol–water partition coefficient (Wildman–Crippen LogP) is 0.0186. The molecule has 0 fully saturated rings. The van der Waals surface area contributed by atoms with Crippen LogP contribution >= 0.6 is 23.5 Å². The van der Waals surface area contributed by atoms with Gasteiger partial charge in [0.2, 0.25) is 0 Å². The molecule has 0 aromatic rings. The number of carboxylic acids is 2. The zero-order valence-corrected chi connectivity index (χ0v) is 9.23. The minimum absolute atomic E-state index is 0.286. The minimum atomic E-state index is -4.48. The summed E-state index contributed by atoms with van der Waals surface area (Å²) in [4.78, 5) is 19.9. The number of aliphatic carboxylic acids is 2. The third kappa shape index (κ3) is 2.65. The summed E-state index contributed by atoms with van der Waals surface area (Å²) < 4.78 is 28.4. The van der Waals surface area contributed by atoms with E-state index in [0.29, 0.717) is 0 Å². The predicted molar refractivity (Wildman–Crippen MR) is 52.8 cm³/mol. The van der Waals surface area contributed by atoms with Gasteiger partial charge in [-0.1, -0.05) is 23.5 Å². The summed E-state index contributed by atoms with van der Waals surface area (Å²) in [7, 11) is -4.48. The molecular weight excluding hydrogens is 268 g/mol. The molecule has 0 aromatic carbocycles. The van der Waals surface area contributed by atoms with Gasteiger partial charge in [0.05, 0.1) is 0 Å². The normalized spacial score (nSPS) is 18.2. The Bertz CT molecular complexity index is 421. The second-order valence-electron chi connectivity index (χ2n) is 2.31. The molecule has 0 saturated heterocycles. The summed E-state index contributed by atoms with van der Waals surface area (Å²) >= 11 is 0.573. The first-order valence-corrected chi connectivity index (χ1v) is 6.50. The minimum Gasteiger partial charge on any atom is -0.477 e. The second kappa shape index (κ2) is 4.04. The molecule has 7 nitrogen and oxygen atoms in total. The van der Waals surface area contributed by atoms with E-state index in [1.165, 1.54) is 0 Å². The first kappa shape index (κ1) is 12.4. The molecular formula is C5H4O7S3. The van der Waals surface area contributed by atoms with Gasteiger partial charge in [-0.25, -0.2) is 9.59 Å². The molecule has 0 atom stereocenters. The lowest BCUT2D eigenvalue weighted by atomic mass is 10.5. The van der Waals surface area contributed by atoms with E-state index in [2.05, 4.69) is 0 Å². The van der Waals surface area contributed by atoms with E-state index in [4.69, 9.17) is 14.8 Å². The smallest absolute Gasteiger partial charge is 0.343 e. The van der Waals surface area contributed by atoms with E-state index >= 15 is 0 Å². The zero-order valence-electron chi connectivity index (χ0n) is 6.78. The maximum Gasteiger partial charge on any atom is 0.343 e. The Morgan fingerprint density at radius 2 is 1.40 bits per heavy atom. The van der Waals surface area contributed by atoms with Gasteiger partial charge in [-0.2, -0.15) is 8.42 Å². The Kier molecular flexibility index (Phi) is 3.33. The van der Waals surface area contributed by atoms with Crippen molar-refractivity contribution in [3.63, 3.8) is 0 Å². The highest BCUT2D eigenvalue weighted by molar-refractivity contribution is 8.34. The average molecular weight is 272 g/mol. The SMILES string of the molecule is O=C(O)C1=C(C(=O)O)SC(S(=O)(=O)O)S1. The van der Waals surface area contributed by atoms with Crippen LogP contribution in [0.25, 0.3) is 0 Å². The molecule has 0 aliphatic carbocycles. The summed E-state index contributed by atoms with van der Waals surface area (Å²) in [6, 6.07) is 0. The Hall–Kier alpha value is -0.710. The molecule has 0 aromatic heterocycles. The third-order valence-corrected chi connectivity index (χ3v) is 6.11. The molecule has 1 heterocycles. The number of carbonyl (C=O) groups is 2. The molecule has 0 radical (unpaired) electrons. The maximum absolute atomic E-state index is 10.7. The molecule has 1 aliphatic heterocycles. The summed E-state index contributed by atoms with van der Waals surface area (Å²) in [5, 5.41) is 17.2. The van der Waals surface area contributed by atoms with Crippen LogP contribution in [0.3, 0.4) is 0 Å². The van der Waals surface area contributed by atoms with Crippen molar-refractivity contribution in [1.82, 2.24) is 0 Å². The highest BCUT2D eigenvalue weighted by Gasteiger charge is 2.40. The number of carboxylic acid groups (broad SMARTS) is 2. The first-order valence-electron chi connectivity index (χ1n) is 3.24. The van der Waals surface area contributed by atoms with Crippen LogP contribution in [-0.2, 0) is 19.7 Å². The van der Waals surface area contributed by atoms with Crippen molar-refractivity contribution >= 4 is 45.6 Å². The van der Waals surface area contributed by atoms with Gasteiger partial charge in [0, 0.05) is 0 Å². The molecule has 0 spiro atoms. The quantitative estimate of drug-likeness (QED) is 0.608. The molecule has 0 bridgehead atoms. The fourth-order valence-electron chi connectivity index (χ4n) is 0.740. The van der Waals surface area contributed by atoms with Crippen molar-refractivity contribution in [2.45, 2.75) is 3.91 Å². The Morgan fingerprint density at radius 1 is 1.07 bits per heavy atom. The van der Waals surface area contributed by atoms with Crippen LogP contribution in [0.4, 0.5) is 0 Å². The Morgan fingerprint density at radius 3 is 1.60 bits per heavy atom. The molecule has 0 saturated carbocycles. The number of rotatable bonds is 3. The van der Waals surface area contributed by atoms with E-state index in [9.17, 15) is 18.0 Å². The maximum atomic E-state index is 10.7. The van der Waals surface area contributed by atoms with Crippen molar-refractivity contribution in [3.05, 3.63) is 9.81 Å². The van der Waals surface area contributed by atoms with Crippen molar-refractivity contribution in [2.24, 2.45) is 0 Å². The molecule has 0 amide bonds. The van der Waals surface area contributed by atoms with E-state index in [1.54, 1.807) is 0 Å². The van der Waals surface area contributed by atoms with Crippen LogP contribution in [0.5, 0.6) is 0 Å². The molecule has 3 N–H and O–H groups in total. The zero-order chi connectivity index (χ0) is 11.8. The van der Waals surface area contributed by atoms with Crippen LogP contribution in [0, 0.1) is 0 Å². The van der Waals surface area contributed by atoms with Crippen LogP contribution in [0.1, 0.15) is 0 Å². The van der Waals surface area contributed by atoms with Gasteiger partial charge in [0.15, 0.2) is 3.91 Å². The molecule has 84 valence electrons. The summed E-state index contributed by atoms with van der Waals surface area (Å²) in [5.41, 5.74) is 0. The van der Waals surface area contributed by atoms with Crippen molar-refractivity contribution in [3.8, 4) is 0 Å². The monoisotopic (exact) mass is 272 g/mol. The summed E-state index contributed by atoms with van der Waals surface area (Å²) in [6.45, 7) is 0. The van der Waals surface area contributed by atoms with Crippen molar-refractivity contribution < 1.29 is 32.8 Å². The van der Waals surface area contributed by atoms with Gasteiger partial charge in [-0.05, 0) is 0 Å². The van der Waals surface area contributed by atoms with Crippen LogP contribution in [0.15, 0.2) is 9.81 Å². The topological polar surface area (TPSA) is 129 Å². The lowest BCUT2D eigenvalue weighted by Crippen LogP contribution is -2.10. The van der Waals surface area contributed by atoms with Crippen LogP contribution in [0.2, 0.25) is 0 Å². The lowest BCUT2D eigenvalue weighted by Gasteiger charge is -2.02. The van der Waals surface area contributed by atoms with Crippen molar-refractivity contribution in [1.29, 1.82) is 0 Å². The summed E-state index contributed by atoms with van der Waals surface area (Å²) in [6.07, 6.45) is 0. The fraction of sp³-hybridized carbons (Fsp3) is 0.200. The molecule has 15 heavy (non-hydrogen) atoms. The van der Waals surface area contributed by atoms with Gasteiger partial charge in [-0.3, -0.25) is 4.55 Å². The standard InChI is InChI=1S/C5H4O7S3/c6-3(7)1-2(4(8)9)14-5(13-1)15(10,11)12/h5H,(H,6,7)(H,8,9)(H,10,11,12). The highest BCUT2D eigenvalue weighted by atomic mass is 32.3. The fourth-order valence-corrected chi connectivity index (χ4v) is 4.32. The van der Waals surface area contributed by atoms with Crippen molar-refractivity contribution in [2.75, 3.05) is 0 Å². The van der Waals surface area contributed by atoms with Gasteiger partial charge < -0.3 is 10.2 Å². The Balaban J connectivity index is 3.06. The number of hydrogen-bond acceptors (Lipinski definition) is 6. The van der Waals surface area contributed by atoms with Crippen LogP contribution in [-0.4, -0.2) is 39.0 Å². The summed E-state index contributed by atoms with van der Waals surface area (Å²) in [5.74, 6) is -3.06. The average Bonchev–Trinajstić information content (AvgIpc) is 2.45. The van der Waals surface area contributed by atoms with E-state index in [-0.39, 0.29) is 23.5 Å². The van der Waals surface area contributed by atoms with Gasteiger partial charge >= 0.3 is 11.9 Å². The molecule has 0 unspecified atom stereocenters. The van der Waals surface area contributed by atoms with Gasteiger partial charge in [-0.15, -0.1) is 0 Å². The largest absolute Gasteiger partial charge is 0.477 e. The molecule has 10 heteroatoms. The van der Waals surface area contributed by atoms with E-state index in [0.717, 1.165) is 0 Å². The van der Waals surface area contributed by atoms with Crippen LogP contribution < -0.4 is 0 Å². The van der Waals surface area contributed by atoms with E-state index < -0.39 is 35.8 Å². The molecule has 1 rings (SSSR count). The second-order valence-corrected chi connectivity index (χ2v) is 6.94. The number of hydrogen-bond donors (Lipinski definition) is 3. The lowest BCUT2D eigenvalue weighted by molar-refractivity contribution is -0.134. The highest BCUT2D eigenvalue weighted by Crippen LogP contribution is 2.47. The van der Waals surface area contributed by atoms with Gasteiger partial charge in [0.1, 0.15) is 9.81 Å².